The molecule has 0 spiro atoms. The number of H-pyrrole nitrogens is 1. The van der Waals surface area contributed by atoms with Crippen molar-refractivity contribution in [3.05, 3.63) is 52.7 Å². The molecule has 0 aliphatic heterocycles. The van der Waals surface area contributed by atoms with Gasteiger partial charge in [0.15, 0.2) is 5.78 Å². The Kier molecular flexibility index (Phi) is 6.17. The molecule has 2 heterocycles. The number of aromatic nitrogens is 1. The molecule has 26 heavy (non-hydrogen) atoms. The number of methoxy groups -OCH3 is 1. The number of hydrogen-bond donors (Lipinski definition) is 1. The van der Waals surface area contributed by atoms with Gasteiger partial charge in [-0.05, 0) is 30.9 Å². The van der Waals surface area contributed by atoms with Crippen LogP contribution >= 0.6 is 11.3 Å². The minimum Gasteiger partial charge on any atom is -0.465 e. The van der Waals surface area contributed by atoms with Crippen molar-refractivity contribution in [2.75, 3.05) is 20.2 Å². The lowest BCUT2D eigenvalue weighted by Gasteiger charge is -2.19. The van der Waals surface area contributed by atoms with E-state index in [0.29, 0.717) is 11.3 Å². The second kappa shape index (κ2) is 7.98. The van der Waals surface area contributed by atoms with Gasteiger partial charge in [0.1, 0.15) is 4.21 Å². The van der Waals surface area contributed by atoms with Crippen molar-refractivity contribution in [3.8, 4) is 0 Å². The second-order valence-corrected chi connectivity index (χ2v) is 8.67. The number of nitrogens with zero attached hydrogens (tertiary/aromatic N) is 1. The van der Waals surface area contributed by atoms with Gasteiger partial charge in [0.05, 0.1) is 24.9 Å². The average Bonchev–Trinajstić information content (AvgIpc) is 3.22. The molecule has 0 atom stereocenters. The Hall–Kier alpha value is -2.23. The van der Waals surface area contributed by atoms with E-state index in [0.717, 1.165) is 15.6 Å². The predicted octanol–water partition coefficient (Wildman–Crippen LogP) is 2.54. The molecule has 0 fully saturated rings. The molecule has 0 aromatic carbocycles. The number of carbonyl (C=O) groups excluding carboxylic acids is 2. The summed E-state index contributed by atoms with van der Waals surface area (Å²) < 4.78 is 31.4. The molecule has 0 radical (unpaired) electrons. The fourth-order valence-electron chi connectivity index (χ4n) is 2.61. The van der Waals surface area contributed by atoms with Crippen LogP contribution in [0.4, 0.5) is 0 Å². The monoisotopic (exact) mass is 396 g/mol. The van der Waals surface area contributed by atoms with E-state index in [9.17, 15) is 18.0 Å². The van der Waals surface area contributed by atoms with Gasteiger partial charge >= 0.3 is 5.97 Å². The molecule has 9 heteroatoms. The highest BCUT2D eigenvalue weighted by atomic mass is 32.2. The first kappa shape index (κ1) is 20.1. The van der Waals surface area contributed by atoms with Crippen molar-refractivity contribution in [1.29, 1.82) is 0 Å². The van der Waals surface area contributed by atoms with Crippen LogP contribution in [0.3, 0.4) is 0 Å². The average molecular weight is 396 g/mol. The molecule has 2 aromatic rings. The van der Waals surface area contributed by atoms with Crippen molar-refractivity contribution >= 4 is 33.1 Å². The summed E-state index contributed by atoms with van der Waals surface area (Å²) in [5.41, 5.74) is 1.41. The minimum atomic E-state index is -3.81. The first-order chi connectivity index (χ1) is 12.2. The van der Waals surface area contributed by atoms with Gasteiger partial charge in [-0.15, -0.1) is 17.9 Å². The van der Waals surface area contributed by atoms with E-state index >= 15 is 0 Å². The zero-order valence-corrected chi connectivity index (χ0v) is 16.4. The number of Topliss-reactive ketones (excluding diaryl/α,β-unsaturated/α-hetero) is 1. The normalized spacial score (nSPS) is 11.5. The summed E-state index contributed by atoms with van der Waals surface area (Å²) in [6.45, 7) is 6.46. The number of ether oxygens (including phenoxy) is 1. The molecule has 0 bridgehead atoms. The molecular weight excluding hydrogens is 376 g/mol. The zero-order valence-electron chi connectivity index (χ0n) is 14.7. The maximum atomic E-state index is 12.7. The molecule has 1 N–H and O–H groups in total. The fraction of sp³-hybridized carbons (Fsp3) is 0.294. The Morgan fingerprint density at radius 2 is 2.08 bits per heavy atom. The van der Waals surface area contributed by atoms with Gasteiger partial charge in [-0.25, -0.2) is 13.2 Å². The molecule has 0 saturated carbocycles. The molecule has 0 aliphatic carbocycles. The summed E-state index contributed by atoms with van der Waals surface area (Å²) in [4.78, 5) is 27.4. The predicted molar refractivity (Wildman–Crippen MR) is 99.2 cm³/mol. The lowest BCUT2D eigenvalue weighted by atomic mass is 10.1. The quantitative estimate of drug-likeness (QED) is 0.420. The maximum Gasteiger partial charge on any atom is 0.339 e. The molecule has 0 amide bonds. The molecule has 0 saturated heterocycles. The zero-order chi connectivity index (χ0) is 19.5. The number of ketones is 1. The van der Waals surface area contributed by atoms with Gasteiger partial charge in [0.25, 0.3) is 10.0 Å². The molecular formula is C17H20N2O5S2. The highest BCUT2D eigenvalue weighted by Crippen LogP contribution is 2.23. The summed E-state index contributed by atoms with van der Waals surface area (Å²) in [6, 6.07) is 3.12. The van der Waals surface area contributed by atoms with Crippen LogP contribution in [0.2, 0.25) is 0 Å². The number of hydrogen-bond acceptors (Lipinski definition) is 6. The van der Waals surface area contributed by atoms with Crippen LogP contribution in [0, 0.1) is 13.8 Å². The van der Waals surface area contributed by atoms with Gasteiger partial charge in [0.2, 0.25) is 0 Å². The minimum absolute atomic E-state index is 0.00539. The van der Waals surface area contributed by atoms with Crippen LogP contribution in [0.1, 0.15) is 32.1 Å². The van der Waals surface area contributed by atoms with E-state index in [1.807, 2.05) is 0 Å². The van der Waals surface area contributed by atoms with Crippen LogP contribution in [0.5, 0.6) is 0 Å². The fourth-order valence-corrected chi connectivity index (χ4v) is 5.12. The Labute approximate surface area is 156 Å². The van der Waals surface area contributed by atoms with Crippen molar-refractivity contribution < 1.29 is 22.7 Å². The number of carbonyl (C=O) groups is 2. The number of aromatic amines is 1. The van der Waals surface area contributed by atoms with Crippen molar-refractivity contribution in [2.45, 2.75) is 18.1 Å². The number of esters is 1. The van der Waals surface area contributed by atoms with E-state index in [1.54, 1.807) is 25.3 Å². The topological polar surface area (TPSA) is 96.5 Å². The third kappa shape index (κ3) is 3.79. The van der Waals surface area contributed by atoms with Crippen molar-refractivity contribution in [1.82, 2.24) is 9.29 Å². The lowest BCUT2D eigenvalue weighted by Crippen LogP contribution is -2.35. The van der Waals surface area contributed by atoms with E-state index in [-0.39, 0.29) is 28.6 Å². The van der Waals surface area contributed by atoms with Gasteiger partial charge < -0.3 is 9.72 Å². The van der Waals surface area contributed by atoms with Crippen molar-refractivity contribution in [3.63, 3.8) is 0 Å². The van der Waals surface area contributed by atoms with E-state index < -0.39 is 21.8 Å². The lowest BCUT2D eigenvalue weighted by molar-refractivity contribution is 0.0599. The maximum absolute atomic E-state index is 12.7. The number of sulfonamides is 1. The SMILES string of the molecule is C=CCN(CC(=O)c1[nH]c(C)c(C(=O)OC)c1C)S(=O)(=O)c1cccs1. The highest BCUT2D eigenvalue weighted by Gasteiger charge is 2.29. The summed E-state index contributed by atoms with van der Waals surface area (Å²) in [7, 11) is -2.55. The van der Waals surface area contributed by atoms with Crippen LogP contribution in [-0.2, 0) is 14.8 Å². The van der Waals surface area contributed by atoms with Crippen LogP contribution < -0.4 is 0 Å². The largest absolute Gasteiger partial charge is 0.465 e. The smallest absolute Gasteiger partial charge is 0.339 e. The molecule has 7 nitrogen and oxygen atoms in total. The molecule has 0 aliphatic rings. The van der Waals surface area contributed by atoms with Gasteiger partial charge in [-0.3, -0.25) is 4.79 Å². The highest BCUT2D eigenvalue weighted by molar-refractivity contribution is 7.91. The van der Waals surface area contributed by atoms with E-state index in [2.05, 4.69) is 11.6 Å². The summed E-state index contributed by atoms with van der Waals surface area (Å²) in [5.74, 6) is -0.993. The van der Waals surface area contributed by atoms with E-state index in [1.165, 1.54) is 19.3 Å². The number of aryl methyl sites for hydroxylation is 1. The van der Waals surface area contributed by atoms with Crippen molar-refractivity contribution in [2.24, 2.45) is 0 Å². The third-order valence-corrected chi connectivity index (χ3v) is 7.03. The van der Waals surface area contributed by atoms with Gasteiger partial charge in [0, 0.05) is 12.2 Å². The molecule has 0 unspecified atom stereocenters. The summed E-state index contributed by atoms with van der Waals surface area (Å²) >= 11 is 1.08. The van der Waals surface area contributed by atoms with Crippen LogP contribution in [0.25, 0.3) is 0 Å². The van der Waals surface area contributed by atoms with Gasteiger partial charge in [-0.1, -0.05) is 12.1 Å². The number of nitrogens with one attached hydrogen (secondary N) is 1. The summed E-state index contributed by atoms with van der Waals surface area (Å²) in [6.07, 6.45) is 1.42. The Balaban J connectivity index is 2.35. The standard InChI is InChI=1S/C17H20N2O5S2/c1-5-8-19(26(22,23)14-7-6-9-25-14)10-13(20)16-11(2)15(12(3)18-16)17(21)24-4/h5-7,9,18H,1,8,10H2,2-4H3. The first-order valence-corrected chi connectivity index (χ1v) is 10.0. The molecule has 2 rings (SSSR count). The summed E-state index contributed by atoms with van der Waals surface area (Å²) in [5, 5.41) is 1.65. The van der Waals surface area contributed by atoms with Gasteiger partial charge in [-0.2, -0.15) is 4.31 Å². The first-order valence-electron chi connectivity index (χ1n) is 7.69. The van der Waals surface area contributed by atoms with Crippen LogP contribution in [0.15, 0.2) is 34.4 Å². The Bertz CT molecular complexity index is 927. The van der Waals surface area contributed by atoms with Crippen LogP contribution in [-0.4, -0.2) is 49.7 Å². The molecule has 140 valence electrons. The van der Waals surface area contributed by atoms with E-state index in [4.69, 9.17) is 4.74 Å². The Morgan fingerprint density at radius 1 is 1.38 bits per heavy atom. The molecule has 2 aromatic heterocycles. The third-order valence-electron chi connectivity index (χ3n) is 3.85. The number of rotatable bonds is 8. The number of thiophene rings is 1. The Morgan fingerprint density at radius 3 is 2.62 bits per heavy atom. The second-order valence-electron chi connectivity index (χ2n) is 5.56.